The molecule has 0 radical (unpaired) electrons. The number of ether oxygens (including phenoxy) is 4. The molecule has 1 aliphatic heterocycles. The lowest BCUT2D eigenvalue weighted by atomic mass is 9.84. The minimum absolute atomic E-state index is 0.203. The van der Waals surface area contributed by atoms with Crippen LogP contribution in [0.5, 0.6) is 5.75 Å². The van der Waals surface area contributed by atoms with Gasteiger partial charge in [-0.1, -0.05) is 116 Å². The predicted octanol–water partition coefficient (Wildman–Crippen LogP) is 8.21. The first-order chi connectivity index (χ1) is 23.0. The largest absolute Gasteiger partial charge is 0.494 e. The van der Waals surface area contributed by atoms with Crippen LogP contribution in [0.25, 0.3) is 12.2 Å². The lowest BCUT2D eigenvalue weighted by Gasteiger charge is -2.42. The number of hydrogen-bond donors (Lipinski definition) is 1. The molecule has 4 aromatic carbocycles. The third-order valence-corrected chi connectivity index (χ3v) is 8.31. The van der Waals surface area contributed by atoms with Crippen molar-refractivity contribution in [3.8, 4) is 5.75 Å². The van der Waals surface area contributed by atoms with E-state index in [0.717, 1.165) is 45.6 Å². The SMILES string of the molecule is C=Cc1ccc(COC2CN(C(=O)O)CC(OCc3ccc(C=C)cc3)C2c2ccc(OCCCOCc3ccccc3)cc2)cc1. The maximum Gasteiger partial charge on any atom is 0.407 e. The van der Waals surface area contributed by atoms with Gasteiger partial charge in [0.25, 0.3) is 0 Å². The average Bonchev–Trinajstić information content (AvgIpc) is 3.12. The highest BCUT2D eigenvalue weighted by molar-refractivity contribution is 5.65. The van der Waals surface area contributed by atoms with Gasteiger partial charge in [0, 0.05) is 12.3 Å². The van der Waals surface area contributed by atoms with E-state index in [0.29, 0.717) is 33.0 Å². The Bertz CT molecular complexity index is 1490. The van der Waals surface area contributed by atoms with Crippen molar-refractivity contribution in [1.82, 2.24) is 4.90 Å². The summed E-state index contributed by atoms with van der Waals surface area (Å²) in [6.45, 7) is 10.5. The van der Waals surface area contributed by atoms with Gasteiger partial charge < -0.3 is 29.0 Å². The molecule has 0 bridgehead atoms. The van der Waals surface area contributed by atoms with Gasteiger partial charge in [0.15, 0.2) is 0 Å². The van der Waals surface area contributed by atoms with Crippen molar-refractivity contribution in [2.24, 2.45) is 0 Å². The van der Waals surface area contributed by atoms with Gasteiger partial charge in [0.1, 0.15) is 5.75 Å². The maximum atomic E-state index is 12.2. The van der Waals surface area contributed by atoms with Crippen LogP contribution in [0.2, 0.25) is 0 Å². The molecule has 5 rings (SSSR count). The lowest BCUT2D eigenvalue weighted by Crippen LogP contribution is -2.54. The summed E-state index contributed by atoms with van der Waals surface area (Å²) in [6, 6.07) is 34.1. The fraction of sp³-hybridized carbons (Fsp3) is 0.275. The number of carboxylic acid groups (broad SMARTS) is 1. The molecule has 0 saturated carbocycles. The Morgan fingerprint density at radius 2 is 1.23 bits per heavy atom. The topological polar surface area (TPSA) is 77.5 Å². The number of rotatable bonds is 16. The summed E-state index contributed by atoms with van der Waals surface area (Å²) < 4.78 is 24.8. The van der Waals surface area contributed by atoms with E-state index in [-0.39, 0.29) is 19.0 Å². The molecule has 1 aliphatic rings. The third-order valence-electron chi connectivity index (χ3n) is 8.31. The van der Waals surface area contributed by atoms with Crippen molar-refractivity contribution in [2.75, 3.05) is 26.3 Å². The van der Waals surface area contributed by atoms with Crippen LogP contribution in [0.4, 0.5) is 4.79 Å². The summed E-state index contributed by atoms with van der Waals surface area (Å²) in [5, 5.41) is 10.0. The number of nitrogens with zero attached hydrogens (tertiary/aromatic N) is 1. The first-order valence-corrected chi connectivity index (χ1v) is 16.0. The first kappa shape index (κ1) is 33.7. The van der Waals surface area contributed by atoms with Gasteiger partial charge in [-0.25, -0.2) is 4.79 Å². The molecule has 1 N–H and O–H groups in total. The summed E-state index contributed by atoms with van der Waals surface area (Å²) >= 11 is 0. The summed E-state index contributed by atoms with van der Waals surface area (Å²) in [7, 11) is 0. The molecule has 1 saturated heterocycles. The second-order valence-electron chi connectivity index (χ2n) is 11.6. The van der Waals surface area contributed by atoms with E-state index in [9.17, 15) is 9.90 Å². The molecule has 7 nitrogen and oxygen atoms in total. The third kappa shape index (κ3) is 9.90. The van der Waals surface area contributed by atoms with Gasteiger partial charge in [-0.05, 0) is 45.5 Å². The Morgan fingerprint density at radius 3 is 1.74 bits per heavy atom. The Morgan fingerprint density at radius 1 is 0.702 bits per heavy atom. The van der Waals surface area contributed by atoms with E-state index in [1.165, 1.54) is 4.90 Å². The van der Waals surface area contributed by atoms with Crippen LogP contribution in [0.3, 0.4) is 0 Å². The Labute approximate surface area is 277 Å². The Hall–Kier alpha value is -4.69. The van der Waals surface area contributed by atoms with Crippen LogP contribution in [-0.2, 0) is 34.0 Å². The quantitative estimate of drug-likeness (QED) is 0.125. The number of hydrogen-bond acceptors (Lipinski definition) is 5. The molecule has 0 aromatic heterocycles. The maximum absolute atomic E-state index is 12.2. The van der Waals surface area contributed by atoms with Crippen LogP contribution >= 0.6 is 0 Å². The standard InChI is InChI=1S/C40H43NO6/c1-3-30-11-15-33(16-12-30)28-46-37-25-41(40(42)43)26-38(47-29-34-17-13-31(4-2)14-18-34)39(37)35-19-21-36(22-20-35)45-24-8-23-44-27-32-9-6-5-7-10-32/h3-7,9-22,37-39H,1-2,8,23-29H2,(H,42,43). The smallest absolute Gasteiger partial charge is 0.407 e. The Kier molecular flexibility index (Phi) is 12.4. The van der Waals surface area contributed by atoms with E-state index < -0.39 is 18.3 Å². The Balaban J connectivity index is 1.27. The van der Waals surface area contributed by atoms with Gasteiger partial charge >= 0.3 is 6.09 Å². The molecule has 47 heavy (non-hydrogen) atoms. The van der Waals surface area contributed by atoms with E-state index in [4.69, 9.17) is 18.9 Å². The fourth-order valence-electron chi connectivity index (χ4n) is 5.68. The van der Waals surface area contributed by atoms with Crippen LogP contribution in [0.1, 0.15) is 45.7 Å². The van der Waals surface area contributed by atoms with E-state index in [2.05, 4.69) is 25.3 Å². The van der Waals surface area contributed by atoms with Crippen LogP contribution in [0.15, 0.2) is 116 Å². The van der Waals surface area contributed by atoms with Crippen molar-refractivity contribution < 1.29 is 28.8 Å². The highest BCUT2D eigenvalue weighted by atomic mass is 16.5. The highest BCUT2D eigenvalue weighted by Crippen LogP contribution is 2.35. The van der Waals surface area contributed by atoms with E-state index in [1.54, 1.807) is 12.2 Å². The first-order valence-electron chi connectivity index (χ1n) is 16.0. The molecule has 1 amide bonds. The molecule has 4 aromatic rings. The fourth-order valence-corrected chi connectivity index (χ4v) is 5.68. The van der Waals surface area contributed by atoms with Gasteiger partial charge in [-0.2, -0.15) is 0 Å². The van der Waals surface area contributed by atoms with Crippen LogP contribution < -0.4 is 4.74 Å². The summed E-state index contributed by atoms with van der Waals surface area (Å²) in [4.78, 5) is 13.6. The minimum Gasteiger partial charge on any atom is -0.494 e. The molecule has 0 spiro atoms. The van der Waals surface area contributed by atoms with Crippen molar-refractivity contribution in [1.29, 1.82) is 0 Å². The molecular formula is C40H43NO6. The van der Waals surface area contributed by atoms with Crippen LogP contribution in [-0.4, -0.2) is 54.6 Å². The zero-order valence-electron chi connectivity index (χ0n) is 26.7. The van der Waals surface area contributed by atoms with Gasteiger partial charge in [-0.3, -0.25) is 0 Å². The predicted molar refractivity (Wildman–Crippen MR) is 185 cm³/mol. The van der Waals surface area contributed by atoms with Gasteiger partial charge in [-0.15, -0.1) is 0 Å². The van der Waals surface area contributed by atoms with Crippen molar-refractivity contribution in [2.45, 2.75) is 44.4 Å². The summed E-state index contributed by atoms with van der Waals surface area (Å²) in [5.41, 5.74) is 6.21. The molecule has 2 atom stereocenters. The molecule has 1 fully saturated rings. The number of amides is 1. The van der Waals surface area contributed by atoms with E-state index >= 15 is 0 Å². The minimum atomic E-state index is -0.993. The number of likely N-dealkylation sites (tertiary alicyclic amines) is 1. The molecular weight excluding hydrogens is 590 g/mol. The monoisotopic (exact) mass is 633 g/mol. The molecule has 244 valence electrons. The molecule has 7 heteroatoms. The number of benzene rings is 4. The second-order valence-corrected chi connectivity index (χ2v) is 11.6. The molecule has 0 aliphatic carbocycles. The van der Waals surface area contributed by atoms with Gasteiger partial charge in [0.05, 0.1) is 58.3 Å². The van der Waals surface area contributed by atoms with Crippen molar-refractivity contribution >= 4 is 18.2 Å². The zero-order valence-corrected chi connectivity index (χ0v) is 26.7. The number of piperidine rings is 1. The average molecular weight is 634 g/mol. The second kappa shape index (κ2) is 17.3. The van der Waals surface area contributed by atoms with Crippen LogP contribution in [0, 0.1) is 0 Å². The number of carbonyl (C=O) groups is 1. The van der Waals surface area contributed by atoms with Gasteiger partial charge in [0.2, 0.25) is 0 Å². The van der Waals surface area contributed by atoms with E-state index in [1.807, 2.05) is 91.0 Å². The van der Waals surface area contributed by atoms with Crippen molar-refractivity contribution in [3.05, 3.63) is 150 Å². The normalized spacial score (nSPS) is 17.6. The molecule has 2 unspecified atom stereocenters. The summed E-state index contributed by atoms with van der Waals surface area (Å²) in [6.07, 6.45) is 2.52. The van der Waals surface area contributed by atoms with Crippen molar-refractivity contribution in [3.63, 3.8) is 0 Å². The summed E-state index contributed by atoms with van der Waals surface area (Å²) in [5.74, 6) is 0.560. The highest BCUT2D eigenvalue weighted by Gasteiger charge is 2.41. The zero-order chi connectivity index (χ0) is 32.8. The molecule has 1 heterocycles. The lowest BCUT2D eigenvalue weighted by molar-refractivity contribution is -0.0937.